The molecule has 57 valence electrons. The molecule has 0 aliphatic rings. The van der Waals surface area contributed by atoms with Crippen molar-refractivity contribution >= 4 is 0 Å². The van der Waals surface area contributed by atoms with Gasteiger partial charge < -0.3 is 0 Å². The number of unbranched alkanes of at least 4 members (excludes halogenated alkanes) is 1. The van der Waals surface area contributed by atoms with E-state index in [-0.39, 0.29) is 0 Å². The third kappa shape index (κ3) is 3.71. The molecule has 0 unspecified atom stereocenters. The van der Waals surface area contributed by atoms with Crippen molar-refractivity contribution in [2.45, 2.75) is 56.9 Å². The van der Waals surface area contributed by atoms with Crippen molar-refractivity contribution in [3.63, 3.8) is 0 Å². The van der Waals surface area contributed by atoms with Gasteiger partial charge in [0.15, 0.2) is 0 Å². The Morgan fingerprint density at radius 3 is 1.90 bits per heavy atom. The fraction of sp³-hybridized carbons (Fsp3) is 1.00. The summed E-state index contributed by atoms with van der Waals surface area (Å²) >= 11 is 1.49. The van der Waals surface area contributed by atoms with Crippen molar-refractivity contribution in [2.75, 3.05) is 0 Å². The van der Waals surface area contributed by atoms with Crippen molar-refractivity contribution in [3.8, 4) is 0 Å². The first-order valence-electron chi connectivity index (χ1n) is 4.54. The van der Waals surface area contributed by atoms with Gasteiger partial charge in [0.1, 0.15) is 0 Å². The Morgan fingerprint density at radius 1 is 1.10 bits per heavy atom. The second-order valence-corrected chi connectivity index (χ2v) is 6.46. The van der Waals surface area contributed by atoms with Gasteiger partial charge in [-0.3, -0.25) is 0 Å². The molecule has 0 fully saturated rings. The molecule has 0 bridgehead atoms. The molecule has 0 rings (SSSR count). The Labute approximate surface area is 75.5 Å². The Hall–Kier alpha value is 0.623. The predicted octanol–water partition coefficient (Wildman–Crippen LogP) is 3.70. The van der Waals surface area contributed by atoms with Crippen LogP contribution in [0.15, 0.2) is 0 Å². The quantitative estimate of drug-likeness (QED) is 0.583. The average molecular weight is 193 g/mol. The van der Waals surface area contributed by atoms with Crippen LogP contribution in [0.1, 0.15) is 52.9 Å². The van der Waals surface area contributed by atoms with Crippen LogP contribution in [0.3, 0.4) is 0 Å². The number of hydrogen-bond acceptors (Lipinski definition) is 0. The first kappa shape index (κ1) is 10.6. The van der Waals surface area contributed by atoms with Crippen LogP contribution in [-0.2, 0) is 18.3 Å². The first-order chi connectivity index (χ1) is 4.68. The maximum absolute atomic E-state index is 2.34. The molecular weight excluding hydrogens is 173 g/mol. The summed E-state index contributed by atoms with van der Waals surface area (Å²) in [6.07, 6.45) is 7.05. The molecule has 0 saturated heterocycles. The second-order valence-electron chi connectivity index (χ2n) is 3.31. The van der Waals surface area contributed by atoms with E-state index < -0.39 is 0 Å². The van der Waals surface area contributed by atoms with E-state index in [1.54, 1.807) is 0 Å². The van der Waals surface area contributed by atoms with E-state index in [2.05, 4.69) is 20.8 Å². The van der Waals surface area contributed by atoms with Gasteiger partial charge in [0, 0.05) is 0 Å². The number of rotatable bonds is 5. The van der Waals surface area contributed by atoms with Crippen molar-refractivity contribution in [1.82, 2.24) is 0 Å². The van der Waals surface area contributed by atoms with Gasteiger partial charge in [0.2, 0.25) is 0 Å². The van der Waals surface area contributed by atoms with Crippen molar-refractivity contribution in [1.29, 1.82) is 0 Å². The van der Waals surface area contributed by atoms with E-state index in [1.165, 1.54) is 50.4 Å². The molecule has 0 amide bonds. The third-order valence-electron chi connectivity index (χ3n) is 2.56. The molecule has 1 heteroatoms. The molecular formula is C9H19Zn. The normalized spacial score (nSPS) is 12.1. The second kappa shape index (κ2) is 5.30. The van der Waals surface area contributed by atoms with Crippen LogP contribution in [0, 0.1) is 0 Å². The van der Waals surface area contributed by atoms with E-state index in [1.807, 2.05) is 0 Å². The summed E-state index contributed by atoms with van der Waals surface area (Å²) in [5.74, 6) is 0. The molecule has 0 N–H and O–H groups in total. The minimum atomic E-state index is 0.760. The van der Waals surface area contributed by atoms with Crippen molar-refractivity contribution in [2.24, 2.45) is 0 Å². The van der Waals surface area contributed by atoms with Crippen LogP contribution >= 0.6 is 0 Å². The van der Waals surface area contributed by atoms with Gasteiger partial charge in [-0.2, -0.15) is 0 Å². The molecule has 0 aliphatic heterocycles. The molecule has 0 spiro atoms. The summed E-state index contributed by atoms with van der Waals surface area (Å²) in [7, 11) is 0. The fourth-order valence-electron chi connectivity index (χ4n) is 1.16. The van der Waals surface area contributed by atoms with Crippen LogP contribution in [0.25, 0.3) is 0 Å². The Morgan fingerprint density at radius 2 is 1.60 bits per heavy atom. The third-order valence-corrected chi connectivity index (χ3v) is 5.40. The Kier molecular flexibility index (Phi) is 5.63. The van der Waals surface area contributed by atoms with Gasteiger partial charge >= 0.3 is 75.2 Å². The standard InChI is InChI=1S/C9H19.Zn/c1-4-7-8-9(5-2)6-3;/h4-8H2,1-3H3;. The van der Waals surface area contributed by atoms with E-state index in [0.717, 1.165) is 4.01 Å². The first-order valence-corrected chi connectivity index (χ1v) is 6.02. The van der Waals surface area contributed by atoms with Gasteiger partial charge in [0.05, 0.1) is 0 Å². The summed E-state index contributed by atoms with van der Waals surface area (Å²) in [5, 5.41) is 0. The zero-order valence-electron chi connectivity index (χ0n) is 7.74. The van der Waals surface area contributed by atoms with E-state index >= 15 is 0 Å². The van der Waals surface area contributed by atoms with E-state index in [0.29, 0.717) is 0 Å². The van der Waals surface area contributed by atoms with Crippen LogP contribution in [0.5, 0.6) is 0 Å². The monoisotopic (exact) mass is 191 g/mol. The minimum absolute atomic E-state index is 0.760. The zero-order valence-corrected chi connectivity index (χ0v) is 10.7. The van der Waals surface area contributed by atoms with Gasteiger partial charge in [-0.05, 0) is 0 Å². The van der Waals surface area contributed by atoms with E-state index in [9.17, 15) is 0 Å². The van der Waals surface area contributed by atoms with E-state index in [4.69, 9.17) is 0 Å². The molecule has 0 nitrogen and oxygen atoms in total. The molecule has 0 radical (unpaired) electrons. The molecule has 0 saturated carbocycles. The van der Waals surface area contributed by atoms with Crippen LogP contribution in [0.4, 0.5) is 0 Å². The summed E-state index contributed by atoms with van der Waals surface area (Å²) in [6.45, 7) is 6.96. The van der Waals surface area contributed by atoms with Crippen LogP contribution in [-0.4, -0.2) is 0 Å². The Bertz CT molecular complexity index is 74.8. The summed E-state index contributed by atoms with van der Waals surface area (Å²) < 4.78 is 0.760. The number of hydrogen-bond donors (Lipinski definition) is 0. The van der Waals surface area contributed by atoms with Crippen LogP contribution in [0.2, 0.25) is 4.01 Å². The Balaban J connectivity index is 3.58. The predicted molar refractivity (Wildman–Crippen MR) is 42.8 cm³/mol. The van der Waals surface area contributed by atoms with Crippen molar-refractivity contribution < 1.29 is 18.3 Å². The molecule has 0 aromatic heterocycles. The average Bonchev–Trinajstić information content (AvgIpc) is 2.00. The molecule has 10 heavy (non-hydrogen) atoms. The molecule has 0 aliphatic carbocycles. The van der Waals surface area contributed by atoms with Crippen LogP contribution < -0.4 is 0 Å². The zero-order chi connectivity index (χ0) is 8.04. The molecule has 0 aromatic rings. The molecule has 0 atom stereocenters. The maximum atomic E-state index is 2.34. The van der Waals surface area contributed by atoms with Gasteiger partial charge in [-0.1, -0.05) is 0 Å². The summed E-state index contributed by atoms with van der Waals surface area (Å²) in [4.78, 5) is 0. The van der Waals surface area contributed by atoms with Gasteiger partial charge in [-0.25, -0.2) is 0 Å². The summed E-state index contributed by atoms with van der Waals surface area (Å²) in [5.41, 5.74) is 0. The fourth-order valence-corrected chi connectivity index (χ4v) is 1.68. The van der Waals surface area contributed by atoms with Gasteiger partial charge in [-0.15, -0.1) is 0 Å². The topological polar surface area (TPSA) is 0 Å². The van der Waals surface area contributed by atoms with Gasteiger partial charge in [0.25, 0.3) is 0 Å². The molecule has 0 aromatic carbocycles. The van der Waals surface area contributed by atoms with Crippen molar-refractivity contribution in [3.05, 3.63) is 0 Å². The summed E-state index contributed by atoms with van der Waals surface area (Å²) in [6, 6.07) is 0. The SMILES string of the molecule is CCCC[C]([Zn])(CC)CC. The molecule has 0 heterocycles.